The summed E-state index contributed by atoms with van der Waals surface area (Å²) in [7, 11) is 0.975. The van der Waals surface area contributed by atoms with E-state index in [0.717, 1.165) is 53.5 Å². The molecule has 2 saturated heterocycles. The Morgan fingerprint density at radius 2 is 1.37 bits per heavy atom. The second-order valence-electron chi connectivity index (χ2n) is 14.2. The second kappa shape index (κ2) is 23.2. The van der Waals surface area contributed by atoms with Crippen LogP contribution in [0.1, 0.15) is 68.7 Å². The topological polar surface area (TPSA) is 261 Å². The van der Waals surface area contributed by atoms with Gasteiger partial charge >= 0.3 is 41.8 Å². The Morgan fingerprint density at radius 1 is 0.794 bits per heavy atom. The highest BCUT2D eigenvalue weighted by Gasteiger charge is 2.60. The smallest absolute Gasteiger partial charge is 0.366 e. The van der Waals surface area contributed by atoms with Gasteiger partial charge in [-0.3, -0.25) is 24.0 Å². The molecule has 0 radical (unpaired) electrons. The number of esters is 7. The normalized spacial score (nSPS) is 26.3. The Hall–Kier alpha value is -5.61. The Labute approximate surface area is 366 Å². The number of methoxy groups -OCH3 is 1. The van der Waals surface area contributed by atoms with Crippen LogP contribution in [0, 0.1) is 0 Å². The predicted molar refractivity (Wildman–Crippen MR) is 215 cm³/mol. The molecule has 0 spiro atoms. The third-order valence-corrected chi connectivity index (χ3v) is 10.5. The lowest BCUT2D eigenvalue weighted by molar-refractivity contribution is -0.324. The first-order chi connectivity index (χ1) is 29.9. The van der Waals surface area contributed by atoms with Gasteiger partial charge in [0.25, 0.3) is 5.79 Å². The van der Waals surface area contributed by atoms with Gasteiger partial charge in [0.05, 0.1) is 37.3 Å². The molecule has 2 heterocycles. The zero-order valence-corrected chi connectivity index (χ0v) is 36.4. The number of rotatable bonds is 18. The molecule has 2 aliphatic rings. The first-order valence-corrected chi connectivity index (χ1v) is 20.7. The van der Waals surface area contributed by atoms with E-state index in [1.165, 1.54) is 24.3 Å². The molecule has 63 heavy (non-hydrogen) atoms. The minimum atomic E-state index is -2.67. The van der Waals surface area contributed by atoms with Gasteiger partial charge in [0, 0.05) is 34.6 Å². The first kappa shape index (κ1) is 50.0. The summed E-state index contributed by atoms with van der Waals surface area (Å²) in [6, 6.07) is 14.3. The number of aliphatic hydroxyl groups excluding tert-OH is 1. The van der Waals surface area contributed by atoms with E-state index in [4.69, 9.17) is 47.4 Å². The lowest BCUT2D eigenvalue weighted by Crippen LogP contribution is -2.69. The average Bonchev–Trinajstić information content (AvgIpc) is 3.23. The molecular weight excluding hydrogens is 855 g/mol. The number of benzene rings is 2. The van der Waals surface area contributed by atoms with Gasteiger partial charge in [0.15, 0.2) is 24.4 Å². The highest BCUT2D eigenvalue weighted by Crippen LogP contribution is 2.39. The van der Waals surface area contributed by atoms with Crippen molar-refractivity contribution in [2.75, 3.05) is 26.1 Å². The van der Waals surface area contributed by atoms with Gasteiger partial charge < -0.3 is 57.8 Å². The highest BCUT2D eigenvalue weighted by molar-refractivity contribution is 7.99. The largest absolute Gasteiger partial charge is 0.465 e. The van der Waals surface area contributed by atoms with Crippen LogP contribution < -0.4 is 5.32 Å². The molecule has 1 amide bonds. The van der Waals surface area contributed by atoms with Crippen LogP contribution in [0.15, 0.2) is 60.7 Å². The number of carbonyl (C=O) groups is 8. The average molecular weight is 906 g/mol. The second-order valence-corrected chi connectivity index (χ2v) is 15.6. The van der Waals surface area contributed by atoms with Crippen molar-refractivity contribution in [3.8, 4) is 0 Å². The first-order valence-electron chi connectivity index (χ1n) is 19.7. The minimum absolute atomic E-state index is 0.108. The molecule has 0 aliphatic carbocycles. The quantitative estimate of drug-likeness (QED) is 0.160. The number of aliphatic hydroxyl groups is 1. The van der Waals surface area contributed by atoms with Gasteiger partial charge in [0.2, 0.25) is 5.91 Å². The molecule has 2 aromatic rings. The van der Waals surface area contributed by atoms with Crippen molar-refractivity contribution in [2.45, 2.75) is 114 Å². The van der Waals surface area contributed by atoms with Gasteiger partial charge in [-0.15, -0.1) is 11.8 Å². The molecule has 0 aromatic heterocycles. The number of nitrogens with one attached hydrogen (secondary N) is 1. The van der Waals surface area contributed by atoms with E-state index in [1.54, 1.807) is 43.3 Å². The van der Waals surface area contributed by atoms with Crippen molar-refractivity contribution in [2.24, 2.45) is 0 Å². The molecule has 0 saturated carbocycles. The zero-order valence-electron chi connectivity index (χ0n) is 35.6. The van der Waals surface area contributed by atoms with Gasteiger partial charge in [-0.2, -0.15) is 0 Å². The molecule has 4 rings (SSSR count). The highest BCUT2D eigenvalue weighted by atomic mass is 32.2. The van der Waals surface area contributed by atoms with Crippen LogP contribution in [-0.2, 0) is 76.1 Å². The van der Waals surface area contributed by atoms with Crippen LogP contribution in [-0.4, -0.2) is 145 Å². The maximum absolute atomic E-state index is 14.0. The molecule has 2 fully saturated rings. The summed E-state index contributed by atoms with van der Waals surface area (Å²) >= 11 is 1.14. The number of carbonyl (C=O) groups excluding carboxylic acids is 8. The Bertz CT molecular complexity index is 1930. The molecule has 11 atom stereocenters. The summed E-state index contributed by atoms with van der Waals surface area (Å²) in [5.74, 6) is -9.60. The van der Waals surface area contributed by atoms with E-state index in [0.29, 0.717) is 5.75 Å². The lowest BCUT2D eigenvalue weighted by Gasteiger charge is -2.49. The number of hydrogen-bond acceptors (Lipinski definition) is 20. The summed E-state index contributed by atoms with van der Waals surface area (Å²) in [5, 5.41) is 14.5. The summed E-state index contributed by atoms with van der Waals surface area (Å²) in [6.07, 6.45) is -13.9. The Balaban J connectivity index is 1.81. The van der Waals surface area contributed by atoms with Crippen LogP contribution >= 0.6 is 11.8 Å². The van der Waals surface area contributed by atoms with Crippen molar-refractivity contribution in [1.82, 2.24) is 5.32 Å². The molecular formula is C42H51NO19S. The molecule has 20 nitrogen and oxygen atoms in total. The maximum atomic E-state index is 14.0. The van der Waals surface area contributed by atoms with E-state index in [-0.39, 0.29) is 11.1 Å². The summed E-state index contributed by atoms with van der Waals surface area (Å²) in [6.45, 7) is 5.49. The molecule has 2 N–H and O–H groups in total. The molecule has 2 aliphatic heterocycles. The SMILES string of the molecule is CCS[C@@H]1O[C@H](COC2(C(=O)OC)C[C@H](OC(C)=O)[C@@H](NC(C)=O)[C@H]([C@H](OC(C)=O)[C@@H](COC(C)=O)OC(C)=O)O2)[C@H](O)[C@H](OC(=O)c2ccccc2)[C@H]1OC(=O)c1ccccc1. The summed E-state index contributed by atoms with van der Waals surface area (Å²) in [4.78, 5) is 103. The third-order valence-electron chi connectivity index (χ3n) is 9.43. The Kier molecular flexibility index (Phi) is 18.4. The molecule has 0 bridgehead atoms. The van der Waals surface area contributed by atoms with Crippen molar-refractivity contribution in [1.29, 1.82) is 0 Å². The lowest BCUT2D eigenvalue weighted by atomic mass is 9.88. The molecule has 21 heteroatoms. The predicted octanol–water partition coefficient (Wildman–Crippen LogP) is 1.81. The van der Waals surface area contributed by atoms with E-state index < -0.39 is 133 Å². The third kappa shape index (κ3) is 13.7. The fraction of sp³-hybridized carbons (Fsp3) is 0.524. The van der Waals surface area contributed by atoms with Crippen molar-refractivity contribution in [3.05, 3.63) is 71.8 Å². The van der Waals surface area contributed by atoms with Crippen LogP contribution in [0.25, 0.3) is 0 Å². The Morgan fingerprint density at radius 3 is 1.86 bits per heavy atom. The van der Waals surface area contributed by atoms with Crippen LogP contribution in [0.5, 0.6) is 0 Å². The molecule has 2 aromatic carbocycles. The van der Waals surface area contributed by atoms with Crippen molar-refractivity contribution in [3.63, 3.8) is 0 Å². The molecule has 344 valence electrons. The van der Waals surface area contributed by atoms with E-state index in [2.05, 4.69) is 5.32 Å². The maximum Gasteiger partial charge on any atom is 0.366 e. The van der Waals surface area contributed by atoms with E-state index in [9.17, 15) is 43.5 Å². The number of hydrogen-bond donors (Lipinski definition) is 2. The fourth-order valence-electron chi connectivity index (χ4n) is 6.88. The van der Waals surface area contributed by atoms with Gasteiger partial charge in [-0.25, -0.2) is 14.4 Å². The van der Waals surface area contributed by atoms with Crippen LogP contribution in [0.2, 0.25) is 0 Å². The standard InChI is InChI=1S/C42H51NO19S/c1-8-63-40-37(61-39(51)28-17-13-10-14-18-28)36(60-38(50)27-15-11-9-12-16-27)33(49)30(59-40)21-55-42(41(52)53-7)19-29(56-24(4)46)32(43-22(2)44)35(62-42)34(58-26(6)48)31(57-25(5)47)20-54-23(3)45/h9-18,29-37,40,49H,8,19-21H2,1-7H3,(H,43,44)/t29-,30+,31+,32+,33-,34+,35+,36-,37+,40-,42?/m0/s1. The van der Waals surface area contributed by atoms with Crippen LogP contribution in [0.4, 0.5) is 0 Å². The van der Waals surface area contributed by atoms with Crippen LogP contribution in [0.3, 0.4) is 0 Å². The zero-order chi connectivity index (χ0) is 46.4. The number of amides is 1. The number of ether oxygens (including phenoxy) is 10. The van der Waals surface area contributed by atoms with Crippen molar-refractivity contribution < 1.29 is 90.8 Å². The number of thioether (sulfide) groups is 1. The van der Waals surface area contributed by atoms with Gasteiger partial charge in [-0.1, -0.05) is 43.3 Å². The van der Waals surface area contributed by atoms with Crippen molar-refractivity contribution >= 4 is 59.5 Å². The van der Waals surface area contributed by atoms with Gasteiger partial charge in [0.1, 0.15) is 36.5 Å². The van der Waals surface area contributed by atoms with E-state index >= 15 is 0 Å². The summed E-state index contributed by atoms with van der Waals surface area (Å²) in [5.41, 5.74) is -0.860. The monoisotopic (exact) mass is 905 g/mol. The summed E-state index contributed by atoms with van der Waals surface area (Å²) < 4.78 is 57.4. The fourth-order valence-corrected chi connectivity index (χ4v) is 7.83. The van der Waals surface area contributed by atoms with Gasteiger partial charge in [-0.05, 0) is 30.0 Å². The molecule has 1 unspecified atom stereocenters. The minimum Gasteiger partial charge on any atom is -0.465 e. The van der Waals surface area contributed by atoms with E-state index in [1.807, 2.05) is 0 Å².